The zero-order valence-corrected chi connectivity index (χ0v) is 69.4. The molecule has 0 spiro atoms. The number of benzene rings is 4. The molecule has 1 fully saturated rings. The van der Waals surface area contributed by atoms with Crippen LogP contribution in [0.2, 0.25) is 0 Å². The molecule has 1 aliphatic heterocycles. The van der Waals surface area contributed by atoms with E-state index < -0.39 is 236 Å². The van der Waals surface area contributed by atoms with Crippen LogP contribution >= 0.6 is 11.8 Å². The third-order valence-electron chi connectivity index (χ3n) is 19.8. The molecule has 123 heavy (non-hydrogen) atoms. The molecule has 1 saturated heterocycles. The molecule has 0 radical (unpaired) electrons. The average Bonchev–Trinajstić information content (AvgIpc) is 1.79. The maximum Gasteiger partial charge on any atom is 0.303 e. The SMILES string of the molecule is CC(=O)N[C@H]1CCSC[C@@H](C(=O)N[C@@H](Cc2ccc(OCCN)cc2)C(=O)N[C@@H](Cc2ccc3ccccc3c2)C(=O)N[C@@](C)(CCCCN)C(=O)N[C@@H](CCCCNC(=O)CCC(=O)O)C(=O)N[C@@H](CC(N)=O)C(=O)NCC(N)=O)NC(=O)[C@H](CCC(N)=O)NC(=O)[C@H](Cc2c[nH]c3ccccc23)NC(=O)[C@H]([C@@H](C)O)NC(=O)[C@H](CCC(N)=O)NC1=O. The second-order valence-electron chi connectivity index (χ2n) is 29.9. The van der Waals surface area contributed by atoms with Crippen LogP contribution in [0, 0.1) is 0 Å². The van der Waals surface area contributed by atoms with Crippen molar-refractivity contribution < 1.29 is 101 Å². The largest absolute Gasteiger partial charge is 0.492 e. The lowest BCUT2D eigenvalue weighted by atomic mass is 9.91. The van der Waals surface area contributed by atoms with Gasteiger partial charge in [0.05, 0.1) is 25.5 Å². The number of aromatic nitrogens is 1. The van der Waals surface area contributed by atoms with Crippen LogP contribution in [0.1, 0.15) is 127 Å². The van der Waals surface area contributed by atoms with Crippen molar-refractivity contribution in [2.45, 2.75) is 202 Å². The predicted molar refractivity (Wildman–Crippen MR) is 449 cm³/mol. The highest BCUT2D eigenvalue weighted by Crippen LogP contribution is 2.24. The fraction of sp³-hybridized carbons (Fsp3) is 0.481. The molecule has 0 saturated carbocycles. The van der Waals surface area contributed by atoms with Crippen molar-refractivity contribution in [3.8, 4) is 5.75 Å². The summed E-state index contributed by atoms with van der Waals surface area (Å²) in [6.07, 6.45) is -5.10. The molecule has 12 atom stereocenters. The molecule has 6 rings (SSSR count). The number of nitrogens with two attached hydrogens (primary N) is 6. The molecule has 41 nitrogen and oxygen atoms in total. The molecule has 1 aromatic heterocycles. The molecule has 17 amide bonds. The number of para-hydroxylation sites is 1. The minimum absolute atomic E-state index is 0.0251. The first kappa shape index (κ1) is 99.0. The number of amides is 17. The summed E-state index contributed by atoms with van der Waals surface area (Å²) in [6.45, 7) is 3.16. The fourth-order valence-corrected chi connectivity index (χ4v) is 14.2. The number of carboxylic acids is 1. The number of aromatic amines is 1. The van der Waals surface area contributed by atoms with E-state index in [9.17, 15) is 62.6 Å². The number of hydrogen-bond donors (Lipinski definition) is 22. The van der Waals surface area contributed by atoms with E-state index in [1.54, 1.807) is 91.1 Å². The number of aliphatic hydroxyl groups excluding tert-OH is 1. The summed E-state index contributed by atoms with van der Waals surface area (Å²) in [5.74, 6) is -18.5. The van der Waals surface area contributed by atoms with E-state index in [1.165, 1.54) is 6.92 Å². The number of H-pyrrole nitrogens is 1. The molecule has 0 aliphatic carbocycles. The standard InChI is InChI=1S/C81H112N20O21S/c1-44(102)69-79(120)97-60(39-50-41-89-53-15-7-6-14-52(50)53)76(117)93-55(23-25-63(84)104)72(113)98-62(43-123-35-29-57(91-45(2)103)73(114)92-56(74(115)100-69)24-26-64(85)105)77(118)94-58(37-46-18-21-51(22-19-46)122-34-32-83)75(116)95-59(38-47-17-20-48-12-4-5-13-49(48)36-47)78(119)101-81(3,30-9-10-31-82)80(121)99-54(16-8-11-33-88-67(108)27-28-68(109)110)71(112)96-61(40-65(86)106)70(111)90-42-66(87)107/h4-7,12-15,17-22,36,41,44,54-62,69,89,102H,8-11,16,23-35,37-40,42-43,82-83H2,1-3H3,(H2,84,104)(H2,85,105)(H2,86,106)(H2,87,107)(H,88,108)(H,90,111)(H,91,103)(H,92,114)(H,93,117)(H,94,118)(H,95,116)(H,96,112)(H,97,120)(H,98,113)(H,99,121)(H,100,115)(H,101,119)(H,109,110)/t44-,54+,55+,56+,57+,58+,59+,60+,61+,62+,69+,81+/m1/s1. The summed E-state index contributed by atoms with van der Waals surface area (Å²) in [7, 11) is 0. The summed E-state index contributed by atoms with van der Waals surface area (Å²) in [6, 6.07) is 8.35. The minimum Gasteiger partial charge on any atom is -0.492 e. The summed E-state index contributed by atoms with van der Waals surface area (Å²) in [5.41, 5.74) is 33.4. The van der Waals surface area contributed by atoms with Gasteiger partial charge in [-0.25, -0.2) is 0 Å². The van der Waals surface area contributed by atoms with Crippen molar-refractivity contribution >= 4 is 140 Å². The number of carboxylic acid groups (broad SMARTS) is 1. The monoisotopic (exact) mass is 1730 g/mol. The number of fused-ring (bicyclic) bond motifs is 2. The third kappa shape index (κ3) is 33.6. The molecule has 5 aromatic rings. The molecule has 0 bridgehead atoms. The lowest BCUT2D eigenvalue weighted by Gasteiger charge is -2.34. The fourth-order valence-electron chi connectivity index (χ4n) is 13.2. The van der Waals surface area contributed by atoms with Crippen molar-refractivity contribution in [3.05, 3.63) is 114 Å². The number of aliphatic hydroxyl groups is 1. The van der Waals surface area contributed by atoms with Gasteiger partial charge in [0, 0.05) is 81.4 Å². The normalized spacial score (nSPS) is 18.5. The first-order chi connectivity index (χ1) is 58.4. The number of thioether (sulfide) groups is 1. The Balaban J connectivity index is 1.46. The lowest BCUT2D eigenvalue weighted by Crippen LogP contribution is -2.64. The number of primary amides is 4. The number of nitrogens with one attached hydrogen (secondary N) is 14. The molecule has 1 aliphatic rings. The Morgan fingerprint density at radius 3 is 1.85 bits per heavy atom. The number of ether oxygens (including phenoxy) is 1. The third-order valence-corrected chi connectivity index (χ3v) is 20.9. The smallest absolute Gasteiger partial charge is 0.303 e. The van der Waals surface area contributed by atoms with Crippen molar-refractivity contribution in [2.24, 2.45) is 34.4 Å². The maximum absolute atomic E-state index is 15.8. The van der Waals surface area contributed by atoms with Crippen LogP contribution in [0.5, 0.6) is 5.75 Å². The van der Waals surface area contributed by atoms with Gasteiger partial charge in [0.2, 0.25) is 100 Å². The summed E-state index contributed by atoms with van der Waals surface area (Å²) in [5, 5.41) is 55.6. The Labute approximate surface area is 712 Å². The zero-order chi connectivity index (χ0) is 90.5. The molecular weight excluding hydrogens is 1620 g/mol. The first-order valence-corrected chi connectivity index (χ1v) is 41.2. The Hall–Kier alpha value is -12.8. The Morgan fingerprint density at radius 1 is 0.593 bits per heavy atom. The van der Waals surface area contributed by atoms with Crippen LogP contribution in [0.15, 0.2) is 97.2 Å². The Kier molecular flexibility index (Phi) is 40.1. The van der Waals surface area contributed by atoms with E-state index in [2.05, 4.69) is 74.1 Å². The van der Waals surface area contributed by atoms with Crippen molar-refractivity contribution in [2.75, 3.05) is 44.3 Å². The highest BCUT2D eigenvalue weighted by molar-refractivity contribution is 7.99. The van der Waals surface area contributed by atoms with E-state index in [-0.39, 0.29) is 96.2 Å². The lowest BCUT2D eigenvalue weighted by molar-refractivity contribution is -0.139. The van der Waals surface area contributed by atoms with Crippen LogP contribution in [-0.2, 0) is 106 Å². The molecule has 42 heteroatoms. The number of carbonyl (C=O) groups excluding carboxylic acids is 17. The van der Waals surface area contributed by atoms with Crippen molar-refractivity contribution in [3.63, 3.8) is 0 Å². The second kappa shape index (κ2) is 49.8. The first-order valence-electron chi connectivity index (χ1n) is 40.1. The van der Waals surface area contributed by atoms with E-state index in [0.717, 1.165) is 31.0 Å². The van der Waals surface area contributed by atoms with E-state index >= 15 is 28.8 Å². The van der Waals surface area contributed by atoms with Crippen LogP contribution < -0.4 is 108 Å². The molecular formula is C81H112N20O21S. The molecule has 668 valence electrons. The van der Waals surface area contributed by atoms with Crippen LogP contribution in [0.4, 0.5) is 0 Å². The molecule has 4 aromatic carbocycles. The summed E-state index contributed by atoms with van der Waals surface area (Å²) < 4.78 is 5.73. The molecule has 2 heterocycles. The van der Waals surface area contributed by atoms with Crippen LogP contribution in [0.3, 0.4) is 0 Å². The second-order valence-corrected chi connectivity index (χ2v) is 31.1. The Morgan fingerprint density at radius 2 is 1.20 bits per heavy atom. The van der Waals surface area contributed by atoms with Gasteiger partial charge in [0.1, 0.15) is 78.3 Å². The van der Waals surface area contributed by atoms with Gasteiger partial charge in [0.25, 0.3) is 0 Å². The quantitative estimate of drug-likeness (QED) is 0.0163. The highest BCUT2D eigenvalue weighted by Gasteiger charge is 2.42. The van der Waals surface area contributed by atoms with Gasteiger partial charge in [-0.15, -0.1) is 0 Å². The van der Waals surface area contributed by atoms with Gasteiger partial charge in [-0.1, -0.05) is 72.8 Å². The predicted octanol–water partition coefficient (Wildman–Crippen LogP) is -4.76. The molecule has 0 unspecified atom stereocenters. The number of hydrogen-bond acceptors (Lipinski definition) is 23. The summed E-state index contributed by atoms with van der Waals surface area (Å²) in [4.78, 5) is 252. The zero-order valence-electron chi connectivity index (χ0n) is 68.6. The van der Waals surface area contributed by atoms with E-state index in [0.29, 0.717) is 38.7 Å². The van der Waals surface area contributed by atoms with E-state index in [1.807, 2.05) is 6.07 Å². The molecule has 28 N–H and O–H groups in total. The van der Waals surface area contributed by atoms with Crippen LogP contribution in [-0.4, -0.2) is 238 Å². The van der Waals surface area contributed by atoms with Gasteiger partial charge < -0.3 is 123 Å². The average molecular weight is 1730 g/mol. The van der Waals surface area contributed by atoms with Crippen molar-refractivity contribution in [1.29, 1.82) is 0 Å². The van der Waals surface area contributed by atoms with E-state index in [4.69, 9.17) is 44.2 Å². The number of carbonyl (C=O) groups is 18. The maximum atomic E-state index is 15.8. The van der Waals surface area contributed by atoms with Gasteiger partial charge in [-0.3, -0.25) is 86.3 Å². The number of aliphatic carboxylic acids is 1. The van der Waals surface area contributed by atoms with Gasteiger partial charge in [-0.05, 0) is 130 Å². The Bertz CT molecular complexity index is 4590. The van der Waals surface area contributed by atoms with Gasteiger partial charge in [-0.2, -0.15) is 11.8 Å². The van der Waals surface area contributed by atoms with Crippen LogP contribution in [0.25, 0.3) is 21.7 Å². The minimum atomic E-state index is -2.06. The topological polar surface area (TPSA) is 685 Å². The van der Waals surface area contributed by atoms with Crippen molar-refractivity contribution in [1.82, 2.24) is 74.1 Å². The van der Waals surface area contributed by atoms with Gasteiger partial charge in [0.15, 0.2) is 0 Å². The number of rotatable bonds is 44. The van der Waals surface area contributed by atoms with Gasteiger partial charge >= 0.3 is 5.97 Å². The number of unbranched alkanes of at least 4 members (excludes halogenated alkanes) is 2. The highest BCUT2D eigenvalue weighted by atomic mass is 32.2. The summed E-state index contributed by atoms with van der Waals surface area (Å²) >= 11 is 0.916.